The minimum atomic E-state index is -1.32. The predicted octanol–water partition coefficient (Wildman–Crippen LogP) is 5.08. The summed E-state index contributed by atoms with van der Waals surface area (Å²) in [6.45, 7) is 3.98. The zero-order valence-corrected chi connectivity index (χ0v) is 21.1. The van der Waals surface area contributed by atoms with E-state index in [4.69, 9.17) is 0 Å². The molecule has 184 valence electrons. The number of piperidine rings is 1. The molecule has 0 bridgehead atoms. The number of amides is 1. The van der Waals surface area contributed by atoms with Gasteiger partial charge in [0.05, 0.1) is 5.25 Å². The summed E-state index contributed by atoms with van der Waals surface area (Å²) in [5.41, 5.74) is 7.67. The van der Waals surface area contributed by atoms with Gasteiger partial charge in [-0.25, -0.2) is 4.21 Å². The Morgan fingerprint density at radius 2 is 1.67 bits per heavy atom. The number of benzene rings is 3. The van der Waals surface area contributed by atoms with Crippen molar-refractivity contribution in [3.8, 4) is 0 Å². The molecule has 0 aromatic heterocycles. The van der Waals surface area contributed by atoms with Gasteiger partial charge in [-0.2, -0.15) is 0 Å². The molecule has 1 aliphatic carbocycles. The van der Waals surface area contributed by atoms with Crippen molar-refractivity contribution in [2.45, 2.75) is 43.0 Å². The zero-order chi connectivity index (χ0) is 24.5. The van der Waals surface area contributed by atoms with E-state index < -0.39 is 11.0 Å². The summed E-state index contributed by atoms with van der Waals surface area (Å²) in [4.78, 5) is 14.1. The molecule has 2 saturated heterocycles. The van der Waals surface area contributed by atoms with Crippen LogP contribution in [0.25, 0.3) is 6.08 Å². The molecule has 0 saturated carbocycles. The number of hydrogen-bond donors (Lipinski definition) is 2. The summed E-state index contributed by atoms with van der Waals surface area (Å²) in [7, 11) is -1.32. The van der Waals surface area contributed by atoms with Crippen molar-refractivity contribution in [2.24, 2.45) is 0 Å². The number of allylic oxidation sites excluding steroid dienone is 1. The summed E-state index contributed by atoms with van der Waals surface area (Å²) in [6, 6.07) is 25.6. The number of likely N-dealkylation sites (tertiary alicyclic amines) is 1. The van der Waals surface area contributed by atoms with Crippen LogP contribution in [0.2, 0.25) is 0 Å². The van der Waals surface area contributed by atoms with Gasteiger partial charge in [0.2, 0.25) is 5.91 Å². The first-order valence-corrected chi connectivity index (χ1v) is 13.9. The lowest BCUT2D eigenvalue weighted by molar-refractivity contribution is -0.118. The number of hydrogen-bond acceptors (Lipinski definition) is 4. The van der Waals surface area contributed by atoms with Crippen LogP contribution in [0.1, 0.15) is 52.3 Å². The van der Waals surface area contributed by atoms with Crippen molar-refractivity contribution < 1.29 is 9.00 Å². The second-order valence-corrected chi connectivity index (χ2v) is 11.5. The van der Waals surface area contributed by atoms with E-state index in [1.807, 2.05) is 24.3 Å². The lowest BCUT2D eigenvalue weighted by atomic mass is 9.74. The van der Waals surface area contributed by atoms with Gasteiger partial charge in [0, 0.05) is 30.6 Å². The Balaban J connectivity index is 0.998. The summed E-state index contributed by atoms with van der Waals surface area (Å²) >= 11 is 0. The van der Waals surface area contributed by atoms with Gasteiger partial charge in [-0.3, -0.25) is 14.4 Å². The topological polar surface area (TPSA) is 61.4 Å². The molecule has 2 fully saturated rings. The number of nitrogens with zero attached hydrogens (tertiary/aromatic N) is 1. The van der Waals surface area contributed by atoms with E-state index in [0.29, 0.717) is 0 Å². The van der Waals surface area contributed by atoms with E-state index in [1.165, 1.54) is 35.1 Å². The Hall–Kier alpha value is -3.22. The molecule has 2 atom stereocenters. The van der Waals surface area contributed by atoms with Crippen molar-refractivity contribution in [2.75, 3.05) is 18.4 Å². The lowest BCUT2D eigenvalue weighted by Crippen LogP contribution is -2.40. The van der Waals surface area contributed by atoms with Crippen molar-refractivity contribution in [1.82, 2.24) is 9.62 Å². The largest absolute Gasteiger partial charge is 0.381 e. The van der Waals surface area contributed by atoms with Crippen LogP contribution in [-0.2, 0) is 34.3 Å². The summed E-state index contributed by atoms with van der Waals surface area (Å²) < 4.78 is 14.5. The van der Waals surface area contributed by atoms with E-state index in [2.05, 4.69) is 75.6 Å². The third-order valence-corrected chi connectivity index (χ3v) is 9.26. The third-order valence-electron chi connectivity index (χ3n) is 7.88. The second kappa shape index (κ2) is 9.68. The average molecular weight is 498 g/mol. The second-order valence-electron chi connectivity index (χ2n) is 10.2. The van der Waals surface area contributed by atoms with Crippen LogP contribution in [0.15, 0.2) is 78.9 Å². The molecule has 2 heterocycles. The minimum absolute atomic E-state index is 0.148. The Morgan fingerprint density at radius 3 is 2.39 bits per heavy atom. The normalized spacial score (nSPS) is 22.5. The van der Waals surface area contributed by atoms with Crippen molar-refractivity contribution in [1.29, 1.82) is 0 Å². The van der Waals surface area contributed by atoms with Crippen LogP contribution in [0.5, 0.6) is 0 Å². The van der Waals surface area contributed by atoms with Gasteiger partial charge in [-0.05, 0) is 65.9 Å². The number of carbonyl (C=O) groups is 1. The van der Waals surface area contributed by atoms with E-state index in [-0.39, 0.29) is 23.0 Å². The van der Waals surface area contributed by atoms with Crippen LogP contribution in [0.3, 0.4) is 0 Å². The Labute approximate surface area is 215 Å². The molecule has 2 unspecified atom stereocenters. The van der Waals surface area contributed by atoms with E-state index >= 15 is 0 Å². The molecule has 6 heteroatoms. The van der Waals surface area contributed by atoms with Gasteiger partial charge in [-0.1, -0.05) is 72.8 Å². The van der Waals surface area contributed by atoms with E-state index in [1.54, 1.807) is 0 Å². The molecular formula is C30H31N3O2S. The average Bonchev–Trinajstić information content (AvgIpc) is 3.44. The monoisotopic (exact) mass is 497 g/mol. The predicted molar refractivity (Wildman–Crippen MR) is 146 cm³/mol. The molecule has 3 aromatic rings. The molecule has 1 amide bonds. The number of nitrogens with one attached hydrogen (secondary N) is 2. The van der Waals surface area contributed by atoms with Gasteiger partial charge < -0.3 is 5.32 Å². The quantitative estimate of drug-likeness (QED) is 0.498. The first-order valence-electron chi connectivity index (χ1n) is 12.7. The number of carbonyl (C=O) groups excluding carboxylic acids is 1. The molecule has 1 spiro atoms. The molecular weight excluding hydrogens is 466 g/mol. The van der Waals surface area contributed by atoms with E-state index in [0.717, 1.165) is 37.4 Å². The minimum Gasteiger partial charge on any atom is -0.381 e. The van der Waals surface area contributed by atoms with Gasteiger partial charge in [0.1, 0.15) is 11.0 Å². The molecule has 5 nitrogen and oxygen atoms in total. The summed E-state index contributed by atoms with van der Waals surface area (Å²) in [5.74, 6) is -0.148. The number of anilines is 1. The zero-order valence-electron chi connectivity index (χ0n) is 20.3. The Kier molecular flexibility index (Phi) is 6.23. The molecule has 0 radical (unpaired) electrons. The van der Waals surface area contributed by atoms with Gasteiger partial charge in [0.15, 0.2) is 0 Å². The summed E-state index contributed by atoms with van der Waals surface area (Å²) in [6.07, 6.45) is 7.41. The standard InChI is InChI=1S/C30H31N3O2S/c34-29-19-28(36(35)32-29)25-9-11-26(12-10-25)31-20-22-5-7-23(8-6-22)21-33-17-15-30(16-18-33)14-13-24-3-1-2-4-27(24)30/h1-14,28,31H,15-21H2,(H,32,34). The maximum absolute atomic E-state index is 12.0. The highest BCUT2D eigenvalue weighted by Crippen LogP contribution is 2.43. The lowest BCUT2D eigenvalue weighted by Gasteiger charge is -2.39. The fourth-order valence-corrected chi connectivity index (χ4v) is 6.89. The van der Waals surface area contributed by atoms with Crippen molar-refractivity contribution in [3.63, 3.8) is 0 Å². The SMILES string of the molecule is O=C1CC(c2ccc(NCc3ccc(CN4CCC5(C=Cc6ccccc65)CC4)cc3)cc2)S(=O)N1. The first kappa shape index (κ1) is 23.2. The molecule has 3 aromatic carbocycles. The van der Waals surface area contributed by atoms with Gasteiger partial charge >= 0.3 is 0 Å². The smallest absolute Gasteiger partial charge is 0.233 e. The highest BCUT2D eigenvalue weighted by molar-refractivity contribution is 7.84. The summed E-state index contributed by atoms with van der Waals surface area (Å²) in [5, 5.41) is 3.21. The Morgan fingerprint density at radius 1 is 0.944 bits per heavy atom. The molecule has 6 rings (SSSR count). The van der Waals surface area contributed by atoms with E-state index in [9.17, 15) is 9.00 Å². The highest BCUT2D eigenvalue weighted by Gasteiger charge is 2.37. The first-order chi connectivity index (χ1) is 17.6. The Bertz CT molecular complexity index is 1310. The molecule has 3 aliphatic rings. The molecule has 36 heavy (non-hydrogen) atoms. The van der Waals surface area contributed by atoms with Crippen LogP contribution >= 0.6 is 0 Å². The fourth-order valence-electron chi connectivity index (χ4n) is 5.73. The van der Waals surface area contributed by atoms with Crippen LogP contribution in [-0.4, -0.2) is 28.1 Å². The molecule has 2 aliphatic heterocycles. The van der Waals surface area contributed by atoms with Gasteiger partial charge in [-0.15, -0.1) is 0 Å². The van der Waals surface area contributed by atoms with Gasteiger partial charge in [0.25, 0.3) is 0 Å². The third kappa shape index (κ3) is 4.63. The van der Waals surface area contributed by atoms with Crippen LogP contribution in [0, 0.1) is 0 Å². The number of rotatable bonds is 6. The fraction of sp³-hybridized carbons (Fsp3) is 0.300. The maximum Gasteiger partial charge on any atom is 0.233 e. The number of fused-ring (bicyclic) bond motifs is 2. The van der Waals surface area contributed by atoms with Crippen LogP contribution < -0.4 is 10.0 Å². The maximum atomic E-state index is 12.0. The van der Waals surface area contributed by atoms with Crippen molar-refractivity contribution >= 4 is 28.7 Å². The molecule has 2 N–H and O–H groups in total. The van der Waals surface area contributed by atoms with Crippen molar-refractivity contribution in [3.05, 3.63) is 107 Å². The van der Waals surface area contributed by atoms with Crippen LogP contribution in [0.4, 0.5) is 5.69 Å². The highest BCUT2D eigenvalue weighted by atomic mass is 32.2.